The summed E-state index contributed by atoms with van der Waals surface area (Å²) in [5.41, 5.74) is -1.59. The lowest BCUT2D eigenvalue weighted by molar-refractivity contribution is -0.393. The van der Waals surface area contributed by atoms with E-state index in [9.17, 15) is 15.3 Å². The molecule has 0 aromatic carbocycles. The lowest BCUT2D eigenvalue weighted by Gasteiger charge is -2.53. The van der Waals surface area contributed by atoms with Gasteiger partial charge in [0, 0.05) is 0 Å². The lowest BCUT2D eigenvalue weighted by atomic mass is 9.54. The Labute approximate surface area is 86.8 Å². The first kappa shape index (κ1) is 13.9. The van der Waals surface area contributed by atoms with Crippen LogP contribution in [0.2, 0.25) is 0 Å². The number of rotatable bonds is 2. The molecule has 3 nitrogen and oxygen atoms in total. The molecule has 0 heterocycles. The summed E-state index contributed by atoms with van der Waals surface area (Å²) < 4.78 is 0. The highest BCUT2D eigenvalue weighted by Crippen LogP contribution is 2.54. The van der Waals surface area contributed by atoms with Gasteiger partial charge in [-0.1, -0.05) is 48.5 Å². The molecule has 0 fully saturated rings. The minimum Gasteiger partial charge on any atom is -0.343 e. The average molecular weight is 204 g/mol. The van der Waals surface area contributed by atoms with Crippen LogP contribution in [-0.2, 0) is 0 Å². The van der Waals surface area contributed by atoms with Gasteiger partial charge in [-0.25, -0.2) is 0 Å². The Bertz CT molecular complexity index is 180. The van der Waals surface area contributed by atoms with E-state index in [1.807, 2.05) is 34.6 Å². The highest BCUT2D eigenvalue weighted by atomic mass is 16.7. The van der Waals surface area contributed by atoms with Gasteiger partial charge >= 0.3 is 0 Å². The van der Waals surface area contributed by atoms with Crippen LogP contribution in [0.1, 0.15) is 48.5 Å². The maximum atomic E-state index is 9.36. The maximum Gasteiger partial charge on any atom is 0.281 e. The summed E-state index contributed by atoms with van der Waals surface area (Å²) >= 11 is 0. The minimum atomic E-state index is -2.66. The zero-order valence-electron chi connectivity index (χ0n) is 10.3. The summed E-state index contributed by atoms with van der Waals surface area (Å²) in [7, 11) is 0. The first-order valence-corrected chi connectivity index (χ1v) is 4.92. The molecule has 0 atom stereocenters. The second-order valence-electron chi connectivity index (χ2n) is 6.14. The third kappa shape index (κ3) is 1.95. The van der Waals surface area contributed by atoms with Crippen LogP contribution < -0.4 is 0 Å². The zero-order valence-corrected chi connectivity index (χ0v) is 10.3. The van der Waals surface area contributed by atoms with Gasteiger partial charge in [0.05, 0.1) is 5.41 Å². The molecule has 0 spiro atoms. The molecular weight excluding hydrogens is 180 g/mol. The zero-order chi connectivity index (χ0) is 12.0. The molecule has 0 bridgehead atoms. The first-order valence-electron chi connectivity index (χ1n) is 4.92. The van der Waals surface area contributed by atoms with Crippen LogP contribution in [0.15, 0.2) is 0 Å². The number of aliphatic hydroxyl groups is 3. The van der Waals surface area contributed by atoms with E-state index in [2.05, 4.69) is 0 Å². The second kappa shape index (κ2) is 3.19. The summed E-state index contributed by atoms with van der Waals surface area (Å²) in [6.07, 6.45) is 0. The second-order valence-corrected chi connectivity index (χ2v) is 6.14. The van der Waals surface area contributed by atoms with Crippen molar-refractivity contribution in [1.82, 2.24) is 0 Å². The van der Waals surface area contributed by atoms with Gasteiger partial charge in [0.25, 0.3) is 5.97 Å². The smallest absolute Gasteiger partial charge is 0.281 e. The Hall–Kier alpha value is -0.120. The molecule has 3 heteroatoms. The Morgan fingerprint density at radius 2 is 0.857 bits per heavy atom. The van der Waals surface area contributed by atoms with Crippen molar-refractivity contribution in [2.45, 2.75) is 54.4 Å². The Morgan fingerprint density at radius 1 is 0.571 bits per heavy atom. The molecule has 0 aromatic heterocycles. The van der Waals surface area contributed by atoms with Crippen molar-refractivity contribution < 1.29 is 15.3 Å². The van der Waals surface area contributed by atoms with Crippen molar-refractivity contribution in [3.8, 4) is 0 Å². The van der Waals surface area contributed by atoms with E-state index in [0.29, 0.717) is 0 Å². The van der Waals surface area contributed by atoms with Crippen LogP contribution in [0.5, 0.6) is 0 Å². The highest BCUT2D eigenvalue weighted by molar-refractivity contribution is 4.97. The summed E-state index contributed by atoms with van der Waals surface area (Å²) in [5, 5.41) is 28.1. The summed E-state index contributed by atoms with van der Waals surface area (Å²) in [6, 6.07) is 0. The Balaban J connectivity index is 5.30. The van der Waals surface area contributed by atoms with Crippen molar-refractivity contribution in [1.29, 1.82) is 0 Å². The van der Waals surface area contributed by atoms with E-state index in [0.717, 1.165) is 0 Å². The van der Waals surface area contributed by atoms with Gasteiger partial charge in [0.2, 0.25) is 0 Å². The van der Waals surface area contributed by atoms with E-state index < -0.39 is 16.8 Å². The predicted molar refractivity (Wildman–Crippen MR) is 56.4 cm³/mol. The molecule has 0 amide bonds. The molecule has 14 heavy (non-hydrogen) atoms. The van der Waals surface area contributed by atoms with E-state index in [1.165, 1.54) is 0 Å². The molecule has 0 radical (unpaired) electrons. The first-order chi connectivity index (χ1) is 5.75. The standard InChI is InChI=1S/C11H24O3/c1-8(2,3)9(4,5)10(6,7)11(12,13)14/h12-14H,1-7H3. The topological polar surface area (TPSA) is 60.7 Å². The molecule has 0 aliphatic rings. The van der Waals surface area contributed by atoms with Gasteiger partial charge in [0.15, 0.2) is 0 Å². The number of hydrogen-bond donors (Lipinski definition) is 3. The van der Waals surface area contributed by atoms with Gasteiger partial charge in [0.1, 0.15) is 0 Å². The van der Waals surface area contributed by atoms with Crippen molar-refractivity contribution in [3.05, 3.63) is 0 Å². The molecule has 0 aromatic rings. The molecule has 0 aliphatic heterocycles. The molecular formula is C11H24O3. The largest absolute Gasteiger partial charge is 0.343 e. The van der Waals surface area contributed by atoms with Crippen molar-refractivity contribution in [2.24, 2.45) is 16.2 Å². The fraction of sp³-hybridized carbons (Fsp3) is 1.00. The number of hydrogen-bond acceptors (Lipinski definition) is 3. The van der Waals surface area contributed by atoms with E-state index in [1.54, 1.807) is 13.8 Å². The van der Waals surface area contributed by atoms with Gasteiger partial charge in [-0.3, -0.25) is 0 Å². The molecule has 0 unspecified atom stereocenters. The molecule has 86 valence electrons. The Morgan fingerprint density at radius 3 is 0.929 bits per heavy atom. The maximum absolute atomic E-state index is 9.36. The van der Waals surface area contributed by atoms with Crippen molar-refractivity contribution in [3.63, 3.8) is 0 Å². The quantitative estimate of drug-likeness (QED) is 0.600. The summed E-state index contributed by atoms with van der Waals surface area (Å²) in [6.45, 7) is 13.2. The summed E-state index contributed by atoms with van der Waals surface area (Å²) in [4.78, 5) is 0. The van der Waals surface area contributed by atoms with Crippen molar-refractivity contribution >= 4 is 0 Å². The third-order valence-electron chi connectivity index (χ3n) is 4.28. The van der Waals surface area contributed by atoms with E-state index in [4.69, 9.17) is 0 Å². The monoisotopic (exact) mass is 204 g/mol. The summed E-state index contributed by atoms with van der Waals surface area (Å²) in [5.74, 6) is -2.66. The minimum absolute atomic E-state index is 0.143. The van der Waals surface area contributed by atoms with Crippen LogP contribution in [0.4, 0.5) is 0 Å². The lowest BCUT2D eigenvalue weighted by Crippen LogP contribution is -2.57. The molecule has 0 saturated heterocycles. The third-order valence-corrected chi connectivity index (χ3v) is 4.28. The van der Waals surface area contributed by atoms with E-state index >= 15 is 0 Å². The fourth-order valence-corrected chi connectivity index (χ4v) is 1.36. The molecule has 0 saturated carbocycles. The van der Waals surface area contributed by atoms with Gasteiger partial charge in [-0.2, -0.15) is 0 Å². The van der Waals surface area contributed by atoms with Crippen LogP contribution in [0.25, 0.3) is 0 Å². The van der Waals surface area contributed by atoms with Crippen LogP contribution in [0, 0.1) is 16.2 Å². The van der Waals surface area contributed by atoms with Crippen molar-refractivity contribution in [2.75, 3.05) is 0 Å². The van der Waals surface area contributed by atoms with Gasteiger partial charge in [-0.15, -0.1) is 0 Å². The van der Waals surface area contributed by atoms with Crippen LogP contribution in [0.3, 0.4) is 0 Å². The van der Waals surface area contributed by atoms with E-state index in [-0.39, 0.29) is 5.41 Å². The predicted octanol–water partition coefficient (Wildman–Crippen LogP) is 1.72. The van der Waals surface area contributed by atoms with Gasteiger partial charge in [-0.05, 0) is 10.8 Å². The normalized spacial score (nSPS) is 15.9. The van der Waals surface area contributed by atoms with Gasteiger partial charge < -0.3 is 15.3 Å². The molecule has 3 N–H and O–H groups in total. The Kier molecular flexibility index (Phi) is 3.16. The molecule has 0 aliphatic carbocycles. The SMILES string of the molecule is CC(C)(C)C(C)(C)C(C)(C)C(O)(O)O. The van der Waals surface area contributed by atoms with Crippen LogP contribution in [-0.4, -0.2) is 21.3 Å². The fourth-order valence-electron chi connectivity index (χ4n) is 1.36. The average Bonchev–Trinajstić information content (AvgIpc) is 1.81. The van der Waals surface area contributed by atoms with Crippen LogP contribution >= 0.6 is 0 Å². The molecule has 0 rings (SSSR count). The highest BCUT2D eigenvalue weighted by Gasteiger charge is 2.55.